The van der Waals surface area contributed by atoms with Gasteiger partial charge in [0.15, 0.2) is 0 Å². The molecule has 0 aliphatic heterocycles. The van der Waals surface area contributed by atoms with Crippen LogP contribution in [-0.2, 0) is 9.47 Å². The zero-order valence-corrected chi connectivity index (χ0v) is 24.5. The molecule has 40 heavy (non-hydrogen) atoms. The molecule has 3 aromatic rings. The monoisotopic (exact) mass is 542 g/mol. The summed E-state index contributed by atoms with van der Waals surface area (Å²) in [5, 5.41) is 0. The lowest BCUT2D eigenvalue weighted by atomic mass is 9.92. The van der Waals surface area contributed by atoms with Crippen LogP contribution in [-0.4, -0.2) is 25.2 Å². The Morgan fingerprint density at radius 2 is 0.975 bits per heavy atom. The van der Waals surface area contributed by atoms with E-state index in [2.05, 4.69) is 26.0 Å². The number of carbonyl (C=O) groups is 2. The molecular weight excluding hydrogens is 496 g/mol. The van der Waals surface area contributed by atoms with Crippen molar-refractivity contribution >= 4 is 11.9 Å². The maximum Gasteiger partial charge on any atom is 0.338 e. The summed E-state index contributed by atoms with van der Waals surface area (Å²) < 4.78 is 11.1. The first-order valence-corrected chi connectivity index (χ1v) is 15.3. The van der Waals surface area contributed by atoms with Crippen molar-refractivity contribution in [2.75, 3.05) is 13.2 Å². The van der Waals surface area contributed by atoms with Crippen molar-refractivity contribution in [3.63, 3.8) is 0 Å². The Labute approximate surface area is 241 Å². The van der Waals surface area contributed by atoms with Gasteiger partial charge in [0.2, 0.25) is 0 Å². The van der Waals surface area contributed by atoms with Gasteiger partial charge in [-0.25, -0.2) is 9.59 Å². The minimum absolute atomic E-state index is 0.296. The maximum absolute atomic E-state index is 12.9. The molecule has 3 rings (SSSR count). The molecule has 0 atom stereocenters. The molecule has 0 amide bonds. The van der Waals surface area contributed by atoms with Crippen LogP contribution in [0.4, 0.5) is 0 Å². The number of hydrogen-bond donors (Lipinski definition) is 0. The molecule has 0 spiro atoms. The van der Waals surface area contributed by atoms with Gasteiger partial charge >= 0.3 is 11.9 Å². The standard InChI is InChI=1S/C36H46O4/c1-3-5-7-9-11-16-26-39-35(37)31-22-20-30(21-23-31)34-28-32(24-25-33(34)29-18-14-13-15-19-29)36(38)40-27-17-12-10-8-6-4-2/h13-15,18-25,28H,3-12,16-17,26-27H2,1-2H3. The first kappa shape index (κ1) is 31.1. The Hall–Kier alpha value is -3.40. The summed E-state index contributed by atoms with van der Waals surface area (Å²) in [5.74, 6) is -0.597. The summed E-state index contributed by atoms with van der Waals surface area (Å²) >= 11 is 0. The SMILES string of the molecule is CCCCCCCCOC(=O)c1ccc(-c2cc(C(=O)OCCCCCCCC)ccc2-c2ccccc2)cc1. The fourth-order valence-corrected chi connectivity index (χ4v) is 4.83. The van der Waals surface area contributed by atoms with Crippen LogP contribution < -0.4 is 0 Å². The Kier molecular flexibility index (Phi) is 14.0. The van der Waals surface area contributed by atoms with Gasteiger partial charge in [-0.3, -0.25) is 0 Å². The summed E-state index contributed by atoms with van der Waals surface area (Å²) in [6.45, 7) is 5.31. The molecule has 0 unspecified atom stereocenters. The van der Waals surface area contributed by atoms with E-state index in [4.69, 9.17) is 9.47 Å². The van der Waals surface area contributed by atoms with Crippen LogP contribution in [0, 0.1) is 0 Å². The predicted octanol–water partition coefficient (Wildman–Crippen LogP) is 10.1. The van der Waals surface area contributed by atoms with Gasteiger partial charge < -0.3 is 9.47 Å². The first-order valence-electron chi connectivity index (χ1n) is 15.3. The number of benzene rings is 3. The van der Waals surface area contributed by atoms with Crippen molar-refractivity contribution in [3.05, 3.63) is 83.9 Å². The number of carbonyl (C=O) groups excluding carboxylic acids is 2. The van der Waals surface area contributed by atoms with Crippen molar-refractivity contribution in [2.24, 2.45) is 0 Å². The van der Waals surface area contributed by atoms with Crippen molar-refractivity contribution in [1.82, 2.24) is 0 Å². The topological polar surface area (TPSA) is 52.6 Å². The highest BCUT2D eigenvalue weighted by atomic mass is 16.5. The minimum Gasteiger partial charge on any atom is -0.462 e. The van der Waals surface area contributed by atoms with Crippen molar-refractivity contribution < 1.29 is 19.1 Å². The smallest absolute Gasteiger partial charge is 0.338 e. The van der Waals surface area contributed by atoms with E-state index in [1.54, 1.807) is 12.1 Å². The van der Waals surface area contributed by atoms with Crippen LogP contribution in [0.15, 0.2) is 72.8 Å². The van der Waals surface area contributed by atoms with Crippen LogP contribution in [0.1, 0.15) is 112 Å². The normalized spacial score (nSPS) is 10.8. The van der Waals surface area contributed by atoms with Crippen molar-refractivity contribution in [1.29, 1.82) is 0 Å². The van der Waals surface area contributed by atoms with E-state index in [1.165, 1.54) is 51.4 Å². The Morgan fingerprint density at radius 1 is 0.500 bits per heavy atom. The lowest BCUT2D eigenvalue weighted by Gasteiger charge is -2.13. The number of rotatable bonds is 18. The largest absolute Gasteiger partial charge is 0.462 e. The molecule has 4 heteroatoms. The summed E-state index contributed by atoms with van der Waals surface area (Å²) in [5.41, 5.74) is 5.00. The fraction of sp³-hybridized carbons (Fsp3) is 0.444. The van der Waals surface area contributed by atoms with Gasteiger partial charge in [-0.05, 0) is 59.4 Å². The zero-order valence-electron chi connectivity index (χ0n) is 24.5. The highest BCUT2D eigenvalue weighted by Gasteiger charge is 2.15. The Balaban J connectivity index is 1.67. The van der Waals surface area contributed by atoms with Crippen LogP contribution in [0.3, 0.4) is 0 Å². The highest BCUT2D eigenvalue weighted by molar-refractivity contribution is 5.95. The summed E-state index contributed by atoms with van der Waals surface area (Å²) in [6.07, 6.45) is 13.8. The molecule has 0 saturated carbocycles. The molecule has 0 saturated heterocycles. The van der Waals surface area contributed by atoms with Crippen LogP contribution >= 0.6 is 0 Å². The van der Waals surface area contributed by atoms with Gasteiger partial charge in [0.05, 0.1) is 24.3 Å². The third-order valence-electron chi connectivity index (χ3n) is 7.23. The molecular formula is C36H46O4. The van der Waals surface area contributed by atoms with Gasteiger partial charge in [-0.2, -0.15) is 0 Å². The average molecular weight is 543 g/mol. The number of hydrogen-bond acceptors (Lipinski definition) is 4. The van der Waals surface area contributed by atoms with E-state index >= 15 is 0 Å². The number of unbranched alkanes of at least 4 members (excludes halogenated alkanes) is 10. The fourth-order valence-electron chi connectivity index (χ4n) is 4.83. The van der Waals surface area contributed by atoms with Gasteiger partial charge in [0, 0.05) is 0 Å². The van der Waals surface area contributed by atoms with E-state index in [0.717, 1.165) is 47.9 Å². The van der Waals surface area contributed by atoms with Crippen LogP contribution in [0.5, 0.6) is 0 Å². The molecule has 0 fully saturated rings. The second-order valence-corrected chi connectivity index (χ2v) is 10.5. The zero-order chi connectivity index (χ0) is 28.4. The second-order valence-electron chi connectivity index (χ2n) is 10.5. The Bertz CT molecular complexity index is 1150. The summed E-state index contributed by atoms with van der Waals surface area (Å²) in [4.78, 5) is 25.4. The van der Waals surface area contributed by atoms with Gasteiger partial charge in [0.1, 0.15) is 0 Å². The molecule has 0 aromatic heterocycles. The molecule has 0 aliphatic carbocycles. The van der Waals surface area contributed by atoms with E-state index in [0.29, 0.717) is 24.3 Å². The van der Waals surface area contributed by atoms with Crippen molar-refractivity contribution in [3.8, 4) is 22.3 Å². The molecule has 0 N–H and O–H groups in total. The average Bonchev–Trinajstić information content (AvgIpc) is 3.00. The molecule has 214 valence electrons. The lowest BCUT2D eigenvalue weighted by molar-refractivity contribution is 0.0488. The molecule has 0 radical (unpaired) electrons. The van der Waals surface area contributed by atoms with Crippen LogP contribution in [0.2, 0.25) is 0 Å². The van der Waals surface area contributed by atoms with Gasteiger partial charge in [-0.15, -0.1) is 0 Å². The Morgan fingerprint density at radius 3 is 1.55 bits per heavy atom. The summed E-state index contributed by atoms with van der Waals surface area (Å²) in [7, 11) is 0. The predicted molar refractivity (Wildman–Crippen MR) is 165 cm³/mol. The van der Waals surface area contributed by atoms with Gasteiger partial charge in [-0.1, -0.05) is 127 Å². The molecule has 3 aromatic carbocycles. The first-order chi connectivity index (χ1) is 19.6. The van der Waals surface area contributed by atoms with E-state index in [9.17, 15) is 9.59 Å². The highest BCUT2D eigenvalue weighted by Crippen LogP contribution is 2.33. The van der Waals surface area contributed by atoms with Crippen LogP contribution in [0.25, 0.3) is 22.3 Å². The molecule has 0 heterocycles. The van der Waals surface area contributed by atoms with Crippen molar-refractivity contribution in [2.45, 2.75) is 90.9 Å². The third kappa shape index (κ3) is 10.3. The number of ether oxygens (including phenoxy) is 2. The van der Waals surface area contributed by atoms with Gasteiger partial charge in [0.25, 0.3) is 0 Å². The van der Waals surface area contributed by atoms with E-state index < -0.39 is 0 Å². The van der Waals surface area contributed by atoms with E-state index in [-0.39, 0.29) is 11.9 Å². The summed E-state index contributed by atoms with van der Waals surface area (Å²) in [6, 6.07) is 23.3. The minimum atomic E-state index is -0.302. The molecule has 0 bridgehead atoms. The third-order valence-corrected chi connectivity index (χ3v) is 7.23. The number of esters is 2. The lowest BCUT2D eigenvalue weighted by Crippen LogP contribution is -2.07. The maximum atomic E-state index is 12.9. The quantitative estimate of drug-likeness (QED) is 0.118. The molecule has 4 nitrogen and oxygen atoms in total. The van der Waals surface area contributed by atoms with E-state index in [1.807, 2.05) is 48.5 Å². The molecule has 0 aliphatic rings. The second kappa shape index (κ2) is 18.0.